The second kappa shape index (κ2) is 10.4. The van der Waals surface area contributed by atoms with Crippen molar-refractivity contribution in [2.75, 3.05) is 0 Å². The van der Waals surface area contributed by atoms with Crippen molar-refractivity contribution in [1.82, 2.24) is 4.90 Å². The van der Waals surface area contributed by atoms with Crippen LogP contribution in [0.3, 0.4) is 0 Å². The maximum atomic E-state index is 14.1. The van der Waals surface area contributed by atoms with Crippen LogP contribution in [-0.4, -0.2) is 47.5 Å². The molecule has 8 heteroatoms. The molecule has 2 heterocycles. The van der Waals surface area contributed by atoms with Crippen LogP contribution < -0.4 is 0 Å². The van der Waals surface area contributed by atoms with E-state index in [1.54, 1.807) is 0 Å². The Morgan fingerprint density at radius 3 is 1.57 bits per heavy atom. The summed E-state index contributed by atoms with van der Waals surface area (Å²) in [6.45, 7) is 3.03. The number of carbonyl (C=O) groups is 2. The lowest BCUT2D eigenvalue weighted by atomic mass is 9.88. The van der Waals surface area contributed by atoms with Crippen molar-refractivity contribution in [3.63, 3.8) is 0 Å². The van der Waals surface area contributed by atoms with Gasteiger partial charge in [-0.1, -0.05) is 121 Å². The lowest BCUT2D eigenvalue weighted by Crippen LogP contribution is -2.66. The third-order valence-corrected chi connectivity index (χ3v) is 12.3. The van der Waals surface area contributed by atoms with Crippen molar-refractivity contribution >= 4 is 21.7 Å². The molecule has 1 amide bonds. The minimum Gasteiger partial charge on any atom is -0.451 e. The molecule has 224 valence electrons. The van der Waals surface area contributed by atoms with Crippen LogP contribution in [0.25, 0.3) is 0 Å². The molecule has 0 unspecified atom stereocenters. The molecule has 2 aliphatic heterocycles. The van der Waals surface area contributed by atoms with Crippen LogP contribution in [0.4, 0.5) is 0 Å². The highest BCUT2D eigenvalue weighted by atomic mass is 32.2. The number of nitrogens with zero attached hydrogens (tertiary/aromatic N) is 1. The molecule has 4 atom stereocenters. The van der Waals surface area contributed by atoms with E-state index < -0.39 is 55.7 Å². The Morgan fingerprint density at radius 1 is 0.727 bits per heavy atom. The zero-order valence-corrected chi connectivity index (χ0v) is 25.3. The van der Waals surface area contributed by atoms with Crippen LogP contribution in [0, 0.1) is 5.41 Å². The largest absolute Gasteiger partial charge is 0.451 e. The van der Waals surface area contributed by atoms with Gasteiger partial charge in [-0.15, -0.1) is 0 Å². The first-order valence-electron chi connectivity index (χ1n) is 14.8. The van der Waals surface area contributed by atoms with Crippen molar-refractivity contribution in [3.05, 3.63) is 144 Å². The highest BCUT2D eigenvalue weighted by Crippen LogP contribution is 2.68. The van der Waals surface area contributed by atoms with E-state index in [1.807, 2.05) is 121 Å². The SMILES string of the molecule is CC1(C)[C@H](C(=O)OC(c2ccccc2)c2ccccc2)N2C(=O)[C@]3(C[C@@H]3OC(c3ccccc3)c3ccccc3)[C@H]2S1(=O)=O. The summed E-state index contributed by atoms with van der Waals surface area (Å²) in [7, 11) is -3.98. The molecule has 4 aromatic rings. The molecule has 0 aromatic heterocycles. The summed E-state index contributed by atoms with van der Waals surface area (Å²) in [5.41, 5.74) is 2.10. The summed E-state index contributed by atoms with van der Waals surface area (Å²) in [5.74, 6) is -1.12. The van der Waals surface area contributed by atoms with Gasteiger partial charge in [-0.3, -0.25) is 4.79 Å². The molecule has 0 N–H and O–H groups in total. The molecule has 7 nitrogen and oxygen atoms in total. The van der Waals surface area contributed by atoms with E-state index in [4.69, 9.17) is 9.47 Å². The van der Waals surface area contributed by atoms with Crippen molar-refractivity contribution in [1.29, 1.82) is 0 Å². The Balaban J connectivity index is 1.18. The van der Waals surface area contributed by atoms with Gasteiger partial charge in [-0.05, 0) is 42.5 Å². The molecular formula is C36H33NO6S. The second-order valence-corrected chi connectivity index (χ2v) is 14.9. The van der Waals surface area contributed by atoms with Gasteiger partial charge in [0.25, 0.3) is 0 Å². The maximum absolute atomic E-state index is 14.1. The summed E-state index contributed by atoms with van der Waals surface area (Å²) in [4.78, 5) is 29.2. The fourth-order valence-corrected chi connectivity index (χ4v) is 9.44. The molecular weight excluding hydrogens is 574 g/mol. The third kappa shape index (κ3) is 4.23. The van der Waals surface area contributed by atoms with Gasteiger partial charge < -0.3 is 14.4 Å². The van der Waals surface area contributed by atoms with Crippen LogP contribution in [0.1, 0.15) is 54.7 Å². The van der Waals surface area contributed by atoms with Crippen LogP contribution >= 0.6 is 0 Å². The van der Waals surface area contributed by atoms with Gasteiger partial charge in [0.05, 0.1) is 10.9 Å². The number of carbonyl (C=O) groups excluding carboxylic acids is 2. The van der Waals surface area contributed by atoms with Gasteiger partial charge in [-0.25, -0.2) is 13.2 Å². The number of hydrogen-bond acceptors (Lipinski definition) is 6. The molecule has 1 aliphatic carbocycles. The molecule has 44 heavy (non-hydrogen) atoms. The Hall–Kier alpha value is -4.27. The predicted molar refractivity (Wildman–Crippen MR) is 165 cm³/mol. The molecule has 3 aliphatic rings. The zero-order chi connectivity index (χ0) is 30.7. The van der Waals surface area contributed by atoms with E-state index in [-0.39, 0.29) is 12.3 Å². The van der Waals surface area contributed by atoms with Crippen LogP contribution in [0.2, 0.25) is 0 Å². The number of amides is 1. The first-order chi connectivity index (χ1) is 21.2. The van der Waals surface area contributed by atoms with Gasteiger partial charge in [0, 0.05) is 0 Å². The molecule has 1 saturated carbocycles. The molecule has 3 fully saturated rings. The summed E-state index contributed by atoms with van der Waals surface area (Å²) in [6.07, 6.45) is -1.57. The molecule has 1 spiro atoms. The zero-order valence-electron chi connectivity index (χ0n) is 24.4. The highest BCUT2D eigenvalue weighted by molar-refractivity contribution is 7.94. The van der Waals surface area contributed by atoms with Gasteiger partial charge in [-0.2, -0.15) is 0 Å². The Morgan fingerprint density at radius 2 is 1.14 bits per heavy atom. The summed E-state index contributed by atoms with van der Waals surface area (Å²) < 4.78 is 39.4. The molecule has 2 saturated heterocycles. The smallest absolute Gasteiger partial charge is 0.331 e. The highest BCUT2D eigenvalue weighted by Gasteiger charge is 2.86. The Labute approximate surface area is 257 Å². The monoisotopic (exact) mass is 607 g/mol. The van der Waals surface area contributed by atoms with Gasteiger partial charge in [0.2, 0.25) is 5.91 Å². The van der Waals surface area contributed by atoms with E-state index in [0.29, 0.717) is 0 Å². The standard InChI is InChI=1S/C36H33NO6S/c1-35(2)31(32(38)43-30(26-19-11-5-12-20-26)27-21-13-6-14-22-27)37-33(39)36(34(37)44(35,40)41)23-28(36)42-29(24-15-7-3-8-16-24)25-17-9-4-10-18-25/h3-22,28-31,34H,23H2,1-2H3/t28-,31-,34+,36+/m0/s1. The minimum absolute atomic E-state index is 0.275. The van der Waals surface area contributed by atoms with E-state index in [1.165, 1.54) is 18.7 Å². The lowest BCUT2D eigenvalue weighted by molar-refractivity contribution is -0.173. The normalized spacial score (nSPS) is 26.0. The second-order valence-electron chi connectivity index (χ2n) is 12.3. The number of sulfone groups is 1. The molecule has 0 radical (unpaired) electrons. The number of benzene rings is 4. The van der Waals surface area contributed by atoms with Crippen molar-refractivity contribution in [2.45, 2.75) is 54.7 Å². The Kier molecular flexibility index (Phi) is 6.75. The molecule has 4 aromatic carbocycles. The van der Waals surface area contributed by atoms with Gasteiger partial charge >= 0.3 is 5.97 Å². The number of esters is 1. The average molecular weight is 608 g/mol. The van der Waals surface area contributed by atoms with Crippen LogP contribution in [0.5, 0.6) is 0 Å². The maximum Gasteiger partial charge on any atom is 0.331 e. The average Bonchev–Trinajstić information content (AvgIpc) is 3.76. The van der Waals surface area contributed by atoms with Gasteiger partial charge in [0.1, 0.15) is 17.6 Å². The number of rotatable bonds is 8. The quantitative estimate of drug-likeness (QED) is 0.191. The molecule has 0 bridgehead atoms. The van der Waals surface area contributed by atoms with E-state index in [9.17, 15) is 18.0 Å². The topological polar surface area (TPSA) is 90.0 Å². The number of ether oxygens (including phenoxy) is 2. The number of β-lactam (4-membered cyclic amide) rings is 1. The summed E-state index contributed by atoms with van der Waals surface area (Å²) in [5, 5.41) is -1.15. The van der Waals surface area contributed by atoms with Crippen molar-refractivity contribution < 1.29 is 27.5 Å². The number of fused-ring (bicyclic) bond motifs is 2. The lowest BCUT2D eigenvalue weighted by Gasteiger charge is -2.44. The fourth-order valence-electron chi connectivity index (χ4n) is 6.93. The van der Waals surface area contributed by atoms with E-state index in [2.05, 4.69) is 0 Å². The first-order valence-corrected chi connectivity index (χ1v) is 16.3. The van der Waals surface area contributed by atoms with E-state index >= 15 is 0 Å². The predicted octanol–water partition coefficient (Wildman–Crippen LogP) is 5.63. The summed E-state index contributed by atoms with van der Waals surface area (Å²) in [6, 6.07) is 36.7. The van der Waals surface area contributed by atoms with Gasteiger partial charge in [0.15, 0.2) is 21.3 Å². The fraction of sp³-hybridized carbons (Fsp3) is 0.278. The summed E-state index contributed by atoms with van der Waals surface area (Å²) >= 11 is 0. The first kappa shape index (κ1) is 28.5. The van der Waals surface area contributed by atoms with E-state index in [0.717, 1.165) is 22.3 Å². The van der Waals surface area contributed by atoms with Crippen LogP contribution in [-0.2, 0) is 28.9 Å². The minimum atomic E-state index is -3.98. The number of hydrogen-bond donors (Lipinski definition) is 0. The Bertz CT molecular complexity index is 1720. The molecule has 7 rings (SSSR count). The van der Waals surface area contributed by atoms with Crippen LogP contribution in [0.15, 0.2) is 121 Å². The third-order valence-electron chi connectivity index (χ3n) is 9.39. The van der Waals surface area contributed by atoms with Crippen molar-refractivity contribution in [2.24, 2.45) is 5.41 Å². The van der Waals surface area contributed by atoms with Crippen molar-refractivity contribution in [3.8, 4) is 0 Å².